The van der Waals surface area contributed by atoms with E-state index in [0.717, 1.165) is 0 Å². The zero-order chi connectivity index (χ0) is 15.8. The molecule has 1 aliphatic heterocycles. The molecule has 1 unspecified atom stereocenters. The summed E-state index contributed by atoms with van der Waals surface area (Å²) in [5, 5.41) is 11.8. The summed E-state index contributed by atoms with van der Waals surface area (Å²) in [5.74, 6) is -12.7. The number of hydrogen-bond donors (Lipinski definition) is 2. The molecule has 1 fully saturated rings. The van der Waals surface area contributed by atoms with E-state index in [1.54, 1.807) is 0 Å². The van der Waals surface area contributed by atoms with E-state index in [9.17, 15) is 31.9 Å². The lowest BCUT2D eigenvalue weighted by Gasteiger charge is -2.20. The minimum atomic E-state index is -2.34. The van der Waals surface area contributed by atoms with E-state index in [1.165, 1.54) is 0 Å². The topological polar surface area (TPSA) is 58.6 Å². The van der Waals surface area contributed by atoms with Crippen molar-refractivity contribution in [1.29, 1.82) is 0 Å². The standard InChI is InChI=1S/C12H10F5NO3/c13-6-5(7(14)9(16)10(17)8(6)15)11(19)18-3-12(20)1-2-21-4-12/h20H,1-4H2,(H,18,19). The Balaban J connectivity index is 2.23. The van der Waals surface area contributed by atoms with Gasteiger partial charge in [-0.25, -0.2) is 22.0 Å². The number of aliphatic hydroxyl groups is 1. The summed E-state index contributed by atoms with van der Waals surface area (Å²) in [4.78, 5) is 11.6. The van der Waals surface area contributed by atoms with Gasteiger partial charge in [-0.1, -0.05) is 0 Å². The van der Waals surface area contributed by atoms with Crippen molar-refractivity contribution in [3.63, 3.8) is 0 Å². The number of hydrogen-bond acceptors (Lipinski definition) is 3. The molecule has 0 saturated carbocycles. The van der Waals surface area contributed by atoms with Crippen molar-refractivity contribution in [3.05, 3.63) is 34.6 Å². The molecule has 1 amide bonds. The third kappa shape index (κ3) is 2.84. The third-order valence-electron chi connectivity index (χ3n) is 3.10. The van der Waals surface area contributed by atoms with E-state index in [0.29, 0.717) is 0 Å². The summed E-state index contributed by atoms with van der Waals surface area (Å²) < 4.78 is 70.4. The van der Waals surface area contributed by atoms with E-state index in [-0.39, 0.29) is 19.6 Å². The number of carbonyl (C=O) groups is 1. The molecule has 9 heteroatoms. The fourth-order valence-corrected chi connectivity index (χ4v) is 1.87. The van der Waals surface area contributed by atoms with Crippen LogP contribution < -0.4 is 5.32 Å². The van der Waals surface area contributed by atoms with Gasteiger partial charge in [0, 0.05) is 19.6 Å². The van der Waals surface area contributed by atoms with Gasteiger partial charge >= 0.3 is 0 Å². The highest BCUT2D eigenvalue weighted by molar-refractivity contribution is 5.94. The summed E-state index contributed by atoms with van der Waals surface area (Å²) in [6.45, 7) is -0.315. The lowest BCUT2D eigenvalue weighted by molar-refractivity contribution is 0.0263. The van der Waals surface area contributed by atoms with Gasteiger partial charge in [-0.3, -0.25) is 4.79 Å². The summed E-state index contributed by atoms with van der Waals surface area (Å²) in [6.07, 6.45) is 0.171. The number of halogens is 5. The van der Waals surface area contributed by atoms with Gasteiger partial charge < -0.3 is 15.2 Å². The second kappa shape index (κ2) is 5.57. The normalized spacial score (nSPS) is 21.6. The molecule has 21 heavy (non-hydrogen) atoms. The average molecular weight is 311 g/mol. The van der Waals surface area contributed by atoms with E-state index < -0.39 is 52.7 Å². The largest absolute Gasteiger partial charge is 0.386 e. The lowest BCUT2D eigenvalue weighted by Crippen LogP contribution is -2.43. The van der Waals surface area contributed by atoms with Crippen molar-refractivity contribution in [2.45, 2.75) is 12.0 Å². The van der Waals surface area contributed by atoms with Crippen LogP contribution in [0.25, 0.3) is 0 Å². The van der Waals surface area contributed by atoms with Gasteiger partial charge in [0.25, 0.3) is 5.91 Å². The number of carbonyl (C=O) groups excluding carboxylic acids is 1. The van der Waals surface area contributed by atoms with Gasteiger partial charge in [-0.2, -0.15) is 0 Å². The number of amides is 1. The van der Waals surface area contributed by atoms with E-state index in [1.807, 2.05) is 5.32 Å². The molecule has 1 aromatic carbocycles. The molecule has 4 nitrogen and oxygen atoms in total. The van der Waals surface area contributed by atoms with Gasteiger partial charge in [0.1, 0.15) is 11.2 Å². The van der Waals surface area contributed by atoms with Crippen molar-refractivity contribution in [1.82, 2.24) is 5.32 Å². The number of benzene rings is 1. The SMILES string of the molecule is O=C(NCC1(O)CCOC1)c1c(F)c(F)c(F)c(F)c1F. The van der Waals surface area contributed by atoms with Gasteiger partial charge in [0.15, 0.2) is 23.3 Å². The maximum absolute atomic E-state index is 13.4. The number of ether oxygens (including phenoxy) is 1. The average Bonchev–Trinajstić information content (AvgIpc) is 2.88. The quantitative estimate of drug-likeness (QED) is 0.502. The van der Waals surface area contributed by atoms with Gasteiger partial charge in [-0.15, -0.1) is 0 Å². The first-order chi connectivity index (χ1) is 9.77. The molecule has 0 aliphatic carbocycles. The lowest BCUT2D eigenvalue weighted by atomic mass is 10.0. The first kappa shape index (κ1) is 15.6. The van der Waals surface area contributed by atoms with Crippen molar-refractivity contribution in [2.75, 3.05) is 19.8 Å². The molecule has 0 bridgehead atoms. The Morgan fingerprint density at radius 3 is 2.10 bits per heavy atom. The second-order valence-corrected chi connectivity index (χ2v) is 4.65. The Morgan fingerprint density at radius 1 is 1.10 bits per heavy atom. The Hall–Kier alpha value is -1.74. The van der Waals surface area contributed by atoms with Crippen LogP contribution in [0.2, 0.25) is 0 Å². The highest BCUT2D eigenvalue weighted by atomic mass is 19.2. The minimum absolute atomic E-state index is 0.107. The molecule has 1 aliphatic rings. The maximum Gasteiger partial charge on any atom is 0.257 e. The summed E-state index contributed by atoms with van der Waals surface area (Å²) in [7, 11) is 0. The van der Waals surface area contributed by atoms with Crippen molar-refractivity contribution < 1.29 is 36.6 Å². The molecular formula is C12H10F5NO3. The van der Waals surface area contributed by atoms with E-state index >= 15 is 0 Å². The van der Waals surface area contributed by atoms with Crippen LogP contribution in [-0.2, 0) is 4.74 Å². The zero-order valence-electron chi connectivity index (χ0n) is 10.5. The highest BCUT2D eigenvalue weighted by Gasteiger charge is 2.34. The van der Waals surface area contributed by atoms with Crippen molar-refractivity contribution in [2.24, 2.45) is 0 Å². The monoisotopic (exact) mass is 311 g/mol. The molecule has 0 aromatic heterocycles. The fraction of sp³-hybridized carbons (Fsp3) is 0.417. The Labute approximate surface area is 115 Å². The second-order valence-electron chi connectivity index (χ2n) is 4.65. The first-order valence-electron chi connectivity index (χ1n) is 5.86. The predicted molar refractivity (Wildman–Crippen MR) is 59.0 cm³/mol. The molecule has 0 radical (unpaired) electrons. The van der Waals surface area contributed by atoms with Crippen molar-refractivity contribution >= 4 is 5.91 Å². The Bertz CT molecular complexity index is 558. The maximum atomic E-state index is 13.4. The van der Waals surface area contributed by atoms with Crippen molar-refractivity contribution in [3.8, 4) is 0 Å². The smallest absolute Gasteiger partial charge is 0.257 e. The number of nitrogens with one attached hydrogen (secondary N) is 1. The molecule has 1 aromatic rings. The molecule has 2 N–H and O–H groups in total. The molecule has 1 heterocycles. The first-order valence-corrected chi connectivity index (χ1v) is 5.86. The Morgan fingerprint density at radius 2 is 1.62 bits per heavy atom. The van der Waals surface area contributed by atoms with Crippen LogP contribution in [0, 0.1) is 29.1 Å². The molecule has 0 spiro atoms. The van der Waals surface area contributed by atoms with Crippen LogP contribution in [0.4, 0.5) is 22.0 Å². The molecule has 116 valence electrons. The molecule has 1 atom stereocenters. The summed E-state index contributed by atoms with van der Waals surface area (Å²) >= 11 is 0. The van der Waals surface area contributed by atoms with Gasteiger partial charge in [-0.05, 0) is 0 Å². The zero-order valence-corrected chi connectivity index (χ0v) is 10.5. The van der Waals surface area contributed by atoms with Crippen LogP contribution in [0.3, 0.4) is 0 Å². The van der Waals surface area contributed by atoms with Crippen LogP contribution in [0.1, 0.15) is 16.8 Å². The van der Waals surface area contributed by atoms with E-state index in [4.69, 9.17) is 4.74 Å². The van der Waals surface area contributed by atoms with Crippen LogP contribution in [0.5, 0.6) is 0 Å². The Kier molecular flexibility index (Phi) is 4.15. The highest BCUT2D eigenvalue weighted by Crippen LogP contribution is 2.23. The van der Waals surface area contributed by atoms with Gasteiger partial charge in [0.2, 0.25) is 5.82 Å². The summed E-state index contributed by atoms with van der Waals surface area (Å²) in [5.41, 5.74) is -3.02. The van der Waals surface area contributed by atoms with Gasteiger partial charge in [0.05, 0.1) is 6.61 Å². The summed E-state index contributed by atoms with van der Waals surface area (Å²) in [6, 6.07) is 0. The minimum Gasteiger partial charge on any atom is -0.386 e. The van der Waals surface area contributed by atoms with Crippen LogP contribution in [-0.4, -0.2) is 36.4 Å². The third-order valence-corrected chi connectivity index (χ3v) is 3.10. The molecule has 1 saturated heterocycles. The number of rotatable bonds is 3. The van der Waals surface area contributed by atoms with E-state index in [2.05, 4.69) is 0 Å². The fourth-order valence-electron chi connectivity index (χ4n) is 1.87. The molecular weight excluding hydrogens is 301 g/mol. The van der Waals surface area contributed by atoms with Crippen LogP contribution in [0.15, 0.2) is 0 Å². The molecule has 2 rings (SSSR count). The van der Waals surface area contributed by atoms with Crippen LogP contribution >= 0.6 is 0 Å². The predicted octanol–water partition coefficient (Wildman–Crippen LogP) is 1.26.